The van der Waals surface area contributed by atoms with Crippen molar-refractivity contribution in [1.29, 1.82) is 0 Å². The number of halogens is 2. The predicted octanol–water partition coefficient (Wildman–Crippen LogP) is 2.38. The van der Waals surface area contributed by atoms with E-state index in [9.17, 15) is 4.39 Å². The lowest BCUT2D eigenvalue weighted by Crippen LogP contribution is -2.37. The molecule has 1 aliphatic rings. The zero-order valence-electron chi connectivity index (χ0n) is 7.41. The van der Waals surface area contributed by atoms with Crippen LogP contribution in [0.5, 0.6) is 5.75 Å². The third kappa shape index (κ3) is 1.83. The number of rotatable bonds is 2. The first-order valence-electron chi connectivity index (χ1n) is 4.45. The molecule has 1 aromatic carbocycles. The number of aliphatic hydroxyl groups excluding tert-OH is 1. The van der Waals surface area contributed by atoms with E-state index in [0.29, 0.717) is 12.8 Å². The molecule has 1 aliphatic carbocycles. The molecular weight excluding hydrogens is 207 g/mol. The quantitative estimate of drug-likeness (QED) is 0.823. The van der Waals surface area contributed by atoms with Gasteiger partial charge in [-0.15, -0.1) is 0 Å². The molecule has 0 amide bonds. The Balaban J connectivity index is 2.09. The van der Waals surface area contributed by atoms with Crippen LogP contribution < -0.4 is 4.74 Å². The summed E-state index contributed by atoms with van der Waals surface area (Å²) < 4.78 is 18.5. The fourth-order valence-corrected chi connectivity index (χ4v) is 1.60. The smallest absolute Gasteiger partial charge is 0.173 e. The first kappa shape index (κ1) is 9.74. The van der Waals surface area contributed by atoms with Crippen LogP contribution in [0.3, 0.4) is 0 Å². The first-order valence-corrected chi connectivity index (χ1v) is 4.83. The van der Waals surface area contributed by atoms with Gasteiger partial charge in [-0.25, -0.2) is 4.39 Å². The second-order valence-electron chi connectivity index (χ2n) is 3.42. The van der Waals surface area contributed by atoms with Crippen molar-refractivity contribution in [3.8, 4) is 5.75 Å². The molecular formula is C10H10ClFO2. The van der Waals surface area contributed by atoms with E-state index in [4.69, 9.17) is 21.4 Å². The summed E-state index contributed by atoms with van der Waals surface area (Å²) >= 11 is 5.76. The summed E-state index contributed by atoms with van der Waals surface area (Å²) in [5, 5.41) is 9.30. The van der Waals surface area contributed by atoms with Crippen molar-refractivity contribution in [2.75, 3.05) is 0 Å². The van der Waals surface area contributed by atoms with Crippen LogP contribution in [0.2, 0.25) is 5.02 Å². The number of hydrogen-bond acceptors (Lipinski definition) is 2. The van der Waals surface area contributed by atoms with E-state index in [2.05, 4.69) is 0 Å². The number of benzene rings is 1. The second-order valence-corrected chi connectivity index (χ2v) is 3.82. The van der Waals surface area contributed by atoms with E-state index < -0.39 is 5.82 Å². The van der Waals surface area contributed by atoms with Crippen LogP contribution in [-0.2, 0) is 0 Å². The van der Waals surface area contributed by atoms with E-state index in [1.165, 1.54) is 12.1 Å². The molecule has 0 atom stereocenters. The molecule has 2 rings (SSSR count). The molecule has 2 nitrogen and oxygen atoms in total. The molecule has 1 fully saturated rings. The van der Waals surface area contributed by atoms with E-state index >= 15 is 0 Å². The van der Waals surface area contributed by atoms with Gasteiger partial charge in [0.1, 0.15) is 6.10 Å². The van der Waals surface area contributed by atoms with Crippen molar-refractivity contribution in [1.82, 2.24) is 0 Å². The molecule has 0 aromatic heterocycles. The SMILES string of the molecule is OC1CC(Oc2c(F)cccc2Cl)C1. The average molecular weight is 217 g/mol. The van der Waals surface area contributed by atoms with Gasteiger partial charge in [-0.3, -0.25) is 0 Å². The highest BCUT2D eigenvalue weighted by Crippen LogP contribution is 2.32. The summed E-state index contributed by atoms with van der Waals surface area (Å²) in [6.07, 6.45) is 0.667. The zero-order chi connectivity index (χ0) is 10.1. The third-order valence-corrected chi connectivity index (χ3v) is 2.57. The molecule has 0 radical (unpaired) electrons. The fourth-order valence-electron chi connectivity index (χ4n) is 1.40. The number of para-hydroxylation sites is 1. The Labute approximate surface area is 86.3 Å². The minimum atomic E-state index is -0.459. The summed E-state index contributed by atoms with van der Waals surface area (Å²) in [6.45, 7) is 0. The summed E-state index contributed by atoms with van der Waals surface area (Å²) in [4.78, 5) is 0. The highest BCUT2D eigenvalue weighted by atomic mass is 35.5. The van der Waals surface area contributed by atoms with Gasteiger partial charge >= 0.3 is 0 Å². The predicted molar refractivity (Wildman–Crippen MR) is 51.1 cm³/mol. The highest BCUT2D eigenvalue weighted by molar-refractivity contribution is 6.32. The zero-order valence-corrected chi connectivity index (χ0v) is 8.17. The molecule has 0 saturated heterocycles. The van der Waals surface area contributed by atoms with Gasteiger partial charge in [-0.1, -0.05) is 17.7 Å². The van der Waals surface area contributed by atoms with Crippen LogP contribution in [0, 0.1) is 5.82 Å². The van der Waals surface area contributed by atoms with Crippen LogP contribution in [0.1, 0.15) is 12.8 Å². The summed E-state index contributed by atoms with van der Waals surface area (Å²) in [5.41, 5.74) is 0. The van der Waals surface area contributed by atoms with Gasteiger partial charge in [0.05, 0.1) is 11.1 Å². The Kier molecular flexibility index (Phi) is 2.61. The van der Waals surface area contributed by atoms with Gasteiger partial charge in [0, 0.05) is 12.8 Å². The van der Waals surface area contributed by atoms with Crippen LogP contribution in [0.15, 0.2) is 18.2 Å². The molecule has 0 bridgehead atoms. The molecule has 0 unspecified atom stereocenters. The van der Waals surface area contributed by atoms with Crippen LogP contribution >= 0.6 is 11.6 Å². The van der Waals surface area contributed by atoms with Crippen molar-refractivity contribution in [2.45, 2.75) is 25.0 Å². The molecule has 14 heavy (non-hydrogen) atoms. The lowest BCUT2D eigenvalue weighted by Gasteiger charge is -2.31. The largest absolute Gasteiger partial charge is 0.486 e. The maximum atomic E-state index is 13.2. The summed E-state index contributed by atoms with van der Waals surface area (Å²) in [7, 11) is 0. The van der Waals surface area contributed by atoms with Gasteiger partial charge < -0.3 is 9.84 Å². The van der Waals surface area contributed by atoms with Crippen molar-refractivity contribution in [3.05, 3.63) is 29.0 Å². The monoisotopic (exact) mass is 216 g/mol. The molecule has 1 saturated carbocycles. The Morgan fingerprint density at radius 1 is 1.43 bits per heavy atom. The van der Waals surface area contributed by atoms with E-state index in [1.54, 1.807) is 6.07 Å². The van der Waals surface area contributed by atoms with Crippen LogP contribution in [-0.4, -0.2) is 17.3 Å². The van der Waals surface area contributed by atoms with E-state index in [0.717, 1.165) is 0 Å². The number of hydrogen-bond donors (Lipinski definition) is 1. The summed E-state index contributed by atoms with van der Waals surface area (Å²) in [6, 6.07) is 4.41. The molecule has 0 heterocycles. The fraction of sp³-hybridized carbons (Fsp3) is 0.400. The minimum absolute atomic E-state index is 0.0890. The molecule has 4 heteroatoms. The second kappa shape index (κ2) is 3.75. The van der Waals surface area contributed by atoms with Gasteiger partial charge in [0.15, 0.2) is 11.6 Å². The van der Waals surface area contributed by atoms with Gasteiger partial charge in [0.2, 0.25) is 0 Å². The van der Waals surface area contributed by atoms with E-state index in [-0.39, 0.29) is 23.0 Å². The lowest BCUT2D eigenvalue weighted by molar-refractivity contribution is -0.0124. The standard InChI is InChI=1S/C10H10ClFO2/c11-8-2-1-3-9(12)10(8)14-7-4-6(13)5-7/h1-3,6-7,13H,4-5H2. The van der Waals surface area contributed by atoms with Crippen molar-refractivity contribution < 1.29 is 14.2 Å². The van der Waals surface area contributed by atoms with Gasteiger partial charge in [0.25, 0.3) is 0 Å². The molecule has 76 valence electrons. The normalized spacial score (nSPS) is 25.6. The topological polar surface area (TPSA) is 29.5 Å². The molecule has 1 aromatic rings. The average Bonchev–Trinajstić information content (AvgIpc) is 2.08. The first-order chi connectivity index (χ1) is 6.66. The van der Waals surface area contributed by atoms with E-state index in [1.807, 2.05) is 0 Å². The maximum absolute atomic E-state index is 13.2. The molecule has 1 N–H and O–H groups in total. The molecule has 0 aliphatic heterocycles. The van der Waals surface area contributed by atoms with Crippen molar-refractivity contribution in [2.24, 2.45) is 0 Å². The van der Waals surface area contributed by atoms with Crippen molar-refractivity contribution >= 4 is 11.6 Å². The Morgan fingerprint density at radius 2 is 2.14 bits per heavy atom. The van der Waals surface area contributed by atoms with Crippen LogP contribution in [0.25, 0.3) is 0 Å². The van der Waals surface area contributed by atoms with Gasteiger partial charge in [-0.2, -0.15) is 0 Å². The number of aliphatic hydroxyl groups is 1. The summed E-state index contributed by atoms with van der Waals surface area (Å²) in [5.74, 6) is -0.370. The maximum Gasteiger partial charge on any atom is 0.173 e. The third-order valence-electron chi connectivity index (χ3n) is 2.27. The van der Waals surface area contributed by atoms with Crippen LogP contribution in [0.4, 0.5) is 4.39 Å². The Morgan fingerprint density at radius 3 is 2.71 bits per heavy atom. The number of ether oxygens (including phenoxy) is 1. The van der Waals surface area contributed by atoms with Gasteiger partial charge in [-0.05, 0) is 12.1 Å². The lowest BCUT2D eigenvalue weighted by atomic mass is 9.92. The molecule has 0 spiro atoms. The Bertz CT molecular complexity index is 317. The minimum Gasteiger partial charge on any atom is -0.486 e. The Hall–Kier alpha value is -0.800. The highest BCUT2D eigenvalue weighted by Gasteiger charge is 2.30. The van der Waals surface area contributed by atoms with Crippen molar-refractivity contribution in [3.63, 3.8) is 0 Å².